The summed E-state index contributed by atoms with van der Waals surface area (Å²) < 4.78 is 18.6. The molecule has 0 bridgehead atoms. The van der Waals surface area contributed by atoms with Crippen LogP contribution in [0, 0.1) is 5.82 Å². The van der Waals surface area contributed by atoms with Crippen LogP contribution in [0.4, 0.5) is 4.39 Å². The first-order valence-electron chi connectivity index (χ1n) is 6.74. The highest BCUT2D eigenvalue weighted by Gasteiger charge is 2.16. The molecule has 0 amide bonds. The Morgan fingerprint density at radius 3 is 2.45 bits per heavy atom. The zero-order valence-electron chi connectivity index (χ0n) is 11.8. The van der Waals surface area contributed by atoms with Crippen LogP contribution in [0.3, 0.4) is 0 Å². The highest BCUT2D eigenvalue weighted by atomic mass is 19.1. The van der Waals surface area contributed by atoms with Gasteiger partial charge in [0.2, 0.25) is 0 Å². The number of hydrogen-bond acceptors (Lipinski definition) is 2. The lowest BCUT2D eigenvalue weighted by Gasteiger charge is -2.20. The molecule has 0 heterocycles. The molecule has 106 valence electrons. The van der Waals surface area contributed by atoms with Crippen molar-refractivity contribution in [3.8, 4) is 5.75 Å². The van der Waals surface area contributed by atoms with E-state index in [1.165, 1.54) is 18.7 Å². The monoisotopic (exact) mass is 273 g/mol. The first-order chi connectivity index (χ1) is 9.61. The molecule has 2 aromatic carbocycles. The van der Waals surface area contributed by atoms with Gasteiger partial charge in [0, 0.05) is 6.04 Å². The summed E-state index contributed by atoms with van der Waals surface area (Å²) in [5, 5.41) is 0. The lowest BCUT2D eigenvalue weighted by Crippen LogP contribution is -2.29. The van der Waals surface area contributed by atoms with Gasteiger partial charge in [0.1, 0.15) is 0 Å². The van der Waals surface area contributed by atoms with Crippen molar-refractivity contribution < 1.29 is 9.13 Å². The van der Waals surface area contributed by atoms with Crippen LogP contribution in [0.1, 0.15) is 24.0 Å². The molecule has 2 unspecified atom stereocenters. The summed E-state index contributed by atoms with van der Waals surface area (Å²) in [6.07, 6.45) is 0.636. The first kappa shape index (κ1) is 14.5. The van der Waals surface area contributed by atoms with Gasteiger partial charge in [-0.3, -0.25) is 0 Å². The number of hydrogen-bond donors (Lipinski definition) is 1. The molecule has 2 N–H and O–H groups in total. The van der Waals surface area contributed by atoms with E-state index in [0.717, 1.165) is 5.56 Å². The van der Waals surface area contributed by atoms with Crippen molar-refractivity contribution in [3.05, 3.63) is 65.5 Å². The Hall–Kier alpha value is -1.87. The van der Waals surface area contributed by atoms with Crippen molar-refractivity contribution in [3.63, 3.8) is 0 Å². The second kappa shape index (κ2) is 6.53. The number of nitrogens with two attached hydrogens (primary N) is 1. The minimum Gasteiger partial charge on any atom is -0.494 e. The van der Waals surface area contributed by atoms with Gasteiger partial charge in [-0.15, -0.1) is 0 Å². The van der Waals surface area contributed by atoms with Crippen LogP contribution in [-0.4, -0.2) is 13.2 Å². The summed E-state index contributed by atoms with van der Waals surface area (Å²) in [5.74, 6) is 0.143. The summed E-state index contributed by atoms with van der Waals surface area (Å²) in [6, 6.07) is 15.1. The minimum absolute atomic E-state index is 0.0507. The zero-order valence-corrected chi connectivity index (χ0v) is 11.8. The molecule has 2 nitrogen and oxygen atoms in total. The van der Waals surface area contributed by atoms with Crippen LogP contribution in [0.25, 0.3) is 0 Å². The average molecular weight is 273 g/mol. The van der Waals surface area contributed by atoms with Crippen molar-refractivity contribution in [1.82, 2.24) is 0 Å². The average Bonchev–Trinajstić information content (AvgIpc) is 2.47. The molecule has 0 fully saturated rings. The molecule has 0 aromatic heterocycles. The molecule has 0 aliphatic heterocycles. The number of methoxy groups -OCH3 is 1. The van der Waals surface area contributed by atoms with Crippen LogP contribution in [0.2, 0.25) is 0 Å². The quantitative estimate of drug-likeness (QED) is 0.904. The predicted octanol–water partition coefficient (Wildman–Crippen LogP) is 3.51. The summed E-state index contributed by atoms with van der Waals surface area (Å²) in [7, 11) is 1.46. The van der Waals surface area contributed by atoms with Crippen LogP contribution in [0.5, 0.6) is 5.75 Å². The Morgan fingerprint density at radius 2 is 1.85 bits per heavy atom. The van der Waals surface area contributed by atoms with Gasteiger partial charge in [0.15, 0.2) is 11.6 Å². The SMILES string of the molecule is COc1ccc(CC(N)C(C)c2ccccc2)cc1F. The van der Waals surface area contributed by atoms with E-state index in [2.05, 4.69) is 19.1 Å². The maximum absolute atomic E-state index is 13.7. The lowest BCUT2D eigenvalue weighted by atomic mass is 9.90. The fraction of sp³-hybridized carbons (Fsp3) is 0.294. The van der Waals surface area contributed by atoms with Crippen molar-refractivity contribution in [1.29, 1.82) is 0 Å². The summed E-state index contributed by atoms with van der Waals surface area (Å²) in [6.45, 7) is 2.10. The van der Waals surface area contributed by atoms with Crippen LogP contribution >= 0.6 is 0 Å². The van der Waals surface area contributed by atoms with E-state index in [4.69, 9.17) is 10.5 Å². The molecule has 0 aliphatic carbocycles. The van der Waals surface area contributed by atoms with Crippen LogP contribution in [0.15, 0.2) is 48.5 Å². The zero-order chi connectivity index (χ0) is 14.5. The summed E-state index contributed by atoms with van der Waals surface area (Å²) in [5.41, 5.74) is 8.34. The Morgan fingerprint density at radius 1 is 1.15 bits per heavy atom. The maximum Gasteiger partial charge on any atom is 0.165 e. The topological polar surface area (TPSA) is 35.2 Å². The normalized spacial score (nSPS) is 13.8. The molecule has 0 saturated carbocycles. The van der Waals surface area contributed by atoms with Crippen molar-refractivity contribution in [2.24, 2.45) is 5.73 Å². The third kappa shape index (κ3) is 3.36. The Bertz CT molecular complexity index is 556. The van der Waals surface area contributed by atoms with Gasteiger partial charge >= 0.3 is 0 Å². The lowest BCUT2D eigenvalue weighted by molar-refractivity contribution is 0.386. The van der Waals surface area contributed by atoms with Gasteiger partial charge in [0.05, 0.1) is 7.11 Å². The highest BCUT2D eigenvalue weighted by molar-refractivity contribution is 5.30. The molecular formula is C17H20FNO. The largest absolute Gasteiger partial charge is 0.494 e. The van der Waals surface area contributed by atoms with E-state index < -0.39 is 0 Å². The second-order valence-electron chi connectivity index (χ2n) is 5.04. The fourth-order valence-corrected chi connectivity index (χ4v) is 2.29. The molecule has 20 heavy (non-hydrogen) atoms. The first-order valence-corrected chi connectivity index (χ1v) is 6.74. The van der Waals surface area contributed by atoms with Crippen molar-refractivity contribution in [2.45, 2.75) is 25.3 Å². The Labute approximate surface area is 119 Å². The van der Waals surface area contributed by atoms with Gasteiger partial charge in [-0.2, -0.15) is 0 Å². The van der Waals surface area contributed by atoms with Gasteiger partial charge < -0.3 is 10.5 Å². The summed E-state index contributed by atoms with van der Waals surface area (Å²) >= 11 is 0. The Balaban J connectivity index is 2.08. The predicted molar refractivity (Wildman–Crippen MR) is 79.5 cm³/mol. The van der Waals surface area contributed by atoms with Crippen molar-refractivity contribution in [2.75, 3.05) is 7.11 Å². The van der Waals surface area contributed by atoms with Gasteiger partial charge in [-0.05, 0) is 35.6 Å². The number of ether oxygens (including phenoxy) is 1. The number of benzene rings is 2. The van der Waals surface area contributed by atoms with E-state index in [9.17, 15) is 4.39 Å². The van der Waals surface area contributed by atoms with E-state index in [1.807, 2.05) is 24.3 Å². The van der Waals surface area contributed by atoms with E-state index >= 15 is 0 Å². The molecule has 0 spiro atoms. The molecule has 0 radical (unpaired) electrons. The summed E-state index contributed by atoms with van der Waals surface area (Å²) in [4.78, 5) is 0. The third-order valence-electron chi connectivity index (χ3n) is 3.66. The Kier molecular flexibility index (Phi) is 4.74. The third-order valence-corrected chi connectivity index (χ3v) is 3.66. The molecule has 0 saturated heterocycles. The fourth-order valence-electron chi connectivity index (χ4n) is 2.29. The highest BCUT2D eigenvalue weighted by Crippen LogP contribution is 2.23. The van der Waals surface area contributed by atoms with E-state index in [0.29, 0.717) is 6.42 Å². The minimum atomic E-state index is -0.343. The second-order valence-corrected chi connectivity index (χ2v) is 5.04. The molecule has 2 aromatic rings. The molecule has 0 aliphatic rings. The molecule has 3 heteroatoms. The molecule has 2 atom stereocenters. The van der Waals surface area contributed by atoms with Crippen LogP contribution < -0.4 is 10.5 Å². The standard InChI is InChI=1S/C17H20FNO/c1-12(14-6-4-3-5-7-14)16(19)11-13-8-9-17(20-2)15(18)10-13/h3-10,12,16H,11,19H2,1-2H3. The molecule has 2 rings (SSSR count). The van der Waals surface area contributed by atoms with Gasteiger partial charge in [0.25, 0.3) is 0 Å². The van der Waals surface area contributed by atoms with Crippen molar-refractivity contribution >= 4 is 0 Å². The number of rotatable bonds is 5. The number of halogens is 1. The smallest absolute Gasteiger partial charge is 0.165 e. The maximum atomic E-state index is 13.7. The van der Waals surface area contributed by atoms with Gasteiger partial charge in [-0.1, -0.05) is 43.3 Å². The van der Waals surface area contributed by atoms with Crippen LogP contribution in [-0.2, 0) is 6.42 Å². The van der Waals surface area contributed by atoms with Gasteiger partial charge in [-0.25, -0.2) is 4.39 Å². The van der Waals surface area contributed by atoms with E-state index in [-0.39, 0.29) is 23.5 Å². The van der Waals surface area contributed by atoms with E-state index in [1.54, 1.807) is 6.07 Å². The molecular weight excluding hydrogens is 253 g/mol.